The molecule has 6 heteroatoms. The highest BCUT2D eigenvalue weighted by Crippen LogP contribution is 2.26. The Morgan fingerprint density at radius 2 is 2.00 bits per heavy atom. The van der Waals surface area contributed by atoms with Crippen molar-refractivity contribution in [1.82, 2.24) is 10.2 Å². The number of benzene rings is 1. The van der Waals surface area contributed by atoms with E-state index >= 15 is 0 Å². The van der Waals surface area contributed by atoms with Crippen LogP contribution >= 0.6 is 0 Å². The van der Waals surface area contributed by atoms with E-state index in [1.165, 1.54) is 0 Å². The fourth-order valence-electron chi connectivity index (χ4n) is 2.78. The summed E-state index contributed by atoms with van der Waals surface area (Å²) >= 11 is 0. The van der Waals surface area contributed by atoms with Crippen LogP contribution in [0, 0.1) is 0 Å². The van der Waals surface area contributed by atoms with Crippen LogP contribution in [0.4, 0.5) is 0 Å². The number of hydrogen-bond donors (Lipinski definition) is 2. The zero-order valence-electron chi connectivity index (χ0n) is 9.86. The Labute approximate surface area is 106 Å². The lowest BCUT2D eigenvalue weighted by Gasteiger charge is -2.24. The summed E-state index contributed by atoms with van der Waals surface area (Å²) in [5.41, 5.74) is 1.07. The number of fused-ring (bicyclic) bond motifs is 1. The second kappa shape index (κ2) is 4.31. The molecule has 3 atom stereocenters. The predicted molar refractivity (Wildman–Crippen MR) is 67.4 cm³/mol. The van der Waals surface area contributed by atoms with Crippen LogP contribution in [0.15, 0.2) is 30.3 Å². The number of hydrogen-bond acceptors (Lipinski definition) is 5. The van der Waals surface area contributed by atoms with Gasteiger partial charge in [0, 0.05) is 18.6 Å². The lowest BCUT2D eigenvalue weighted by Crippen LogP contribution is -2.40. The quantitative estimate of drug-likeness (QED) is 0.759. The molecular weight excluding hydrogens is 252 g/mol. The van der Waals surface area contributed by atoms with Crippen LogP contribution < -0.4 is 5.32 Å². The average Bonchev–Trinajstić information content (AvgIpc) is 2.74. The summed E-state index contributed by atoms with van der Waals surface area (Å²) in [6, 6.07) is 9.50. The molecule has 0 radical (unpaired) electrons. The minimum atomic E-state index is -2.97. The third-order valence-corrected chi connectivity index (χ3v) is 5.35. The minimum absolute atomic E-state index is 0.120. The summed E-state index contributed by atoms with van der Waals surface area (Å²) < 4.78 is 23.2. The molecule has 0 saturated carbocycles. The van der Waals surface area contributed by atoms with E-state index in [2.05, 4.69) is 5.32 Å². The Hall–Kier alpha value is -0.950. The van der Waals surface area contributed by atoms with Crippen LogP contribution in [0.3, 0.4) is 0 Å². The first kappa shape index (κ1) is 12.1. The highest BCUT2D eigenvalue weighted by atomic mass is 32.2. The number of aliphatic hydroxyl groups is 1. The third kappa shape index (κ3) is 2.16. The Bertz CT molecular complexity index is 532. The molecule has 0 spiro atoms. The summed E-state index contributed by atoms with van der Waals surface area (Å²) in [4.78, 5) is 1.82. The topological polar surface area (TPSA) is 69.6 Å². The highest BCUT2D eigenvalue weighted by molar-refractivity contribution is 7.91. The maximum Gasteiger partial charge on any atom is 0.163 e. The van der Waals surface area contributed by atoms with E-state index in [-0.39, 0.29) is 23.6 Å². The number of rotatable bonds is 2. The van der Waals surface area contributed by atoms with E-state index in [1.807, 2.05) is 35.2 Å². The van der Waals surface area contributed by atoms with Gasteiger partial charge in [-0.15, -0.1) is 0 Å². The monoisotopic (exact) mass is 268 g/mol. The smallest absolute Gasteiger partial charge is 0.163 e. The van der Waals surface area contributed by atoms with E-state index in [0.717, 1.165) is 5.56 Å². The number of sulfone groups is 1. The molecule has 0 aliphatic carbocycles. The molecule has 5 nitrogen and oxygen atoms in total. The molecule has 2 aliphatic heterocycles. The van der Waals surface area contributed by atoms with E-state index in [0.29, 0.717) is 6.54 Å². The van der Waals surface area contributed by atoms with Gasteiger partial charge in [0.05, 0.1) is 11.5 Å². The standard InChI is InChI=1S/C12H16N2O3S/c15-12-13-10-7-18(16,17)8-11(10)14(12)6-9-4-2-1-3-5-9/h1-5,10-13,15H,6-8H2/t10-,11-,12?/m1/s1. The molecule has 2 aliphatic rings. The maximum atomic E-state index is 11.6. The van der Waals surface area contributed by atoms with Crippen LogP contribution in [0.25, 0.3) is 0 Å². The van der Waals surface area contributed by atoms with Crippen LogP contribution in [0.5, 0.6) is 0 Å². The molecular formula is C12H16N2O3S. The van der Waals surface area contributed by atoms with Gasteiger partial charge in [-0.2, -0.15) is 0 Å². The molecule has 2 saturated heterocycles. The van der Waals surface area contributed by atoms with Crippen molar-refractivity contribution in [2.45, 2.75) is 25.0 Å². The highest BCUT2D eigenvalue weighted by Gasteiger charge is 2.48. The third-order valence-electron chi connectivity index (χ3n) is 3.63. The Balaban J connectivity index is 1.80. The summed E-state index contributed by atoms with van der Waals surface area (Å²) in [6.45, 7) is 0.561. The van der Waals surface area contributed by atoms with E-state index in [4.69, 9.17) is 0 Å². The first-order chi connectivity index (χ1) is 8.55. The molecule has 3 rings (SSSR count). The number of nitrogens with zero attached hydrogens (tertiary/aromatic N) is 1. The van der Waals surface area contributed by atoms with Gasteiger partial charge >= 0.3 is 0 Å². The summed E-state index contributed by atoms with van der Waals surface area (Å²) in [5, 5.41) is 12.9. The van der Waals surface area contributed by atoms with Gasteiger partial charge in [0.2, 0.25) is 0 Å². The summed E-state index contributed by atoms with van der Waals surface area (Å²) in [6.07, 6.45) is -0.754. The van der Waals surface area contributed by atoms with Crippen LogP contribution in [-0.2, 0) is 16.4 Å². The SMILES string of the molecule is O=S1(=O)C[C@@H]2[C@@H](C1)NC(O)N2Cc1ccccc1. The van der Waals surface area contributed by atoms with E-state index < -0.39 is 16.2 Å². The van der Waals surface area contributed by atoms with Gasteiger partial charge in [0.15, 0.2) is 16.2 Å². The fourth-order valence-corrected chi connectivity index (χ4v) is 4.73. The van der Waals surface area contributed by atoms with Crippen LogP contribution in [-0.4, -0.2) is 48.4 Å². The molecule has 0 aromatic heterocycles. The van der Waals surface area contributed by atoms with Gasteiger partial charge in [0.1, 0.15) is 0 Å². The van der Waals surface area contributed by atoms with Crippen molar-refractivity contribution in [2.24, 2.45) is 0 Å². The van der Waals surface area contributed by atoms with Crippen molar-refractivity contribution in [3.05, 3.63) is 35.9 Å². The van der Waals surface area contributed by atoms with Gasteiger partial charge < -0.3 is 5.11 Å². The number of aliphatic hydroxyl groups excluding tert-OH is 1. The first-order valence-electron chi connectivity index (χ1n) is 5.99. The van der Waals surface area contributed by atoms with Crippen molar-refractivity contribution in [2.75, 3.05) is 11.5 Å². The largest absolute Gasteiger partial charge is 0.365 e. The minimum Gasteiger partial charge on any atom is -0.365 e. The lowest BCUT2D eigenvalue weighted by atomic mass is 10.1. The fraction of sp³-hybridized carbons (Fsp3) is 0.500. The lowest BCUT2D eigenvalue weighted by molar-refractivity contribution is 0.00201. The molecule has 1 aromatic rings. The molecule has 98 valence electrons. The van der Waals surface area contributed by atoms with Gasteiger partial charge in [-0.1, -0.05) is 30.3 Å². The average molecular weight is 268 g/mol. The van der Waals surface area contributed by atoms with Crippen LogP contribution in [0.2, 0.25) is 0 Å². The van der Waals surface area contributed by atoms with Gasteiger partial charge in [-0.05, 0) is 5.56 Å². The van der Waals surface area contributed by atoms with Crippen molar-refractivity contribution < 1.29 is 13.5 Å². The van der Waals surface area contributed by atoms with Crippen molar-refractivity contribution >= 4 is 9.84 Å². The maximum absolute atomic E-state index is 11.6. The molecule has 0 bridgehead atoms. The van der Waals surface area contributed by atoms with Crippen molar-refractivity contribution in [3.63, 3.8) is 0 Å². The van der Waals surface area contributed by atoms with Gasteiger partial charge in [-0.25, -0.2) is 8.42 Å². The van der Waals surface area contributed by atoms with Crippen molar-refractivity contribution in [1.29, 1.82) is 0 Å². The molecule has 0 amide bonds. The van der Waals surface area contributed by atoms with E-state index in [1.54, 1.807) is 0 Å². The molecule has 18 heavy (non-hydrogen) atoms. The van der Waals surface area contributed by atoms with Gasteiger partial charge in [0.25, 0.3) is 0 Å². The Kier molecular flexibility index (Phi) is 2.90. The summed E-state index contributed by atoms with van der Waals surface area (Å²) in [5.74, 6) is 0.259. The second-order valence-electron chi connectivity index (χ2n) is 4.95. The van der Waals surface area contributed by atoms with Gasteiger partial charge in [-0.3, -0.25) is 10.2 Å². The Morgan fingerprint density at radius 3 is 2.72 bits per heavy atom. The zero-order chi connectivity index (χ0) is 12.8. The molecule has 1 unspecified atom stereocenters. The first-order valence-corrected chi connectivity index (χ1v) is 7.81. The van der Waals surface area contributed by atoms with E-state index in [9.17, 15) is 13.5 Å². The second-order valence-corrected chi connectivity index (χ2v) is 7.10. The predicted octanol–water partition coefficient (Wildman–Crippen LogP) is -0.467. The molecule has 2 fully saturated rings. The zero-order valence-corrected chi connectivity index (χ0v) is 10.7. The Morgan fingerprint density at radius 1 is 1.28 bits per heavy atom. The normalized spacial score (nSPS) is 34.6. The van der Waals surface area contributed by atoms with Crippen molar-refractivity contribution in [3.8, 4) is 0 Å². The number of nitrogens with one attached hydrogen (secondary N) is 1. The molecule has 2 heterocycles. The molecule has 2 N–H and O–H groups in total. The van der Waals surface area contributed by atoms with Crippen LogP contribution in [0.1, 0.15) is 5.56 Å². The molecule has 1 aromatic carbocycles. The summed E-state index contributed by atoms with van der Waals surface area (Å²) in [7, 11) is -2.97.